The highest BCUT2D eigenvalue weighted by molar-refractivity contribution is 5.77. The Morgan fingerprint density at radius 1 is 1.23 bits per heavy atom. The van der Waals surface area contributed by atoms with E-state index in [4.69, 9.17) is 14.5 Å². The molecule has 0 unspecified atom stereocenters. The van der Waals surface area contributed by atoms with Crippen LogP contribution in [-0.4, -0.2) is 58.2 Å². The fourth-order valence-corrected chi connectivity index (χ4v) is 3.67. The van der Waals surface area contributed by atoms with Gasteiger partial charge in [0.2, 0.25) is 5.78 Å². The Hall–Kier alpha value is -2.64. The van der Waals surface area contributed by atoms with Crippen LogP contribution in [0.5, 0.6) is 5.75 Å². The zero-order valence-corrected chi connectivity index (χ0v) is 18.3. The summed E-state index contributed by atoms with van der Waals surface area (Å²) >= 11 is 0. The number of morpholine rings is 1. The van der Waals surface area contributed by atoms with Crippen LogP contribution in [0.2, 0.25) is 0 Å². The molecular formula is C23H31N5O2. The van der Waals surface area contributed by atoms with E-state index in [1.165, 1.54) is 0 Å². The zero-order chi connectivity index (χ0) is 21.1. The number of aromatic nitrogens is 3. The van der Waals surface area contributed by atoms with Crippen molar-refractivity contribution in [2.45, 2.75) is 39.3 Å². The van der Waals surface area contributed by atoms with Crippen molar-refractivity contribution in [2.75, 3.05) is 38.7 Å². The molecule has 0 amide bonds. The summed E-state index contributed by atoms with van der Waals surface area (Å²) in [6, 6.07) is 8.24. The summed E-state index contributed by atoms with van der Waals surface area (Å²) in [6.45, 7) is 10.8. The second-order valence-electron chi connectivity index (χ2n) is 8.38. The van der Waals surface area contributed by atoms with Crippen molar-refractivity contribution < 1.29 is 9.47 Å². The first-order valence-electron chi connectivity index (χ1n) is 10.6. The van der Waals surface area contributed by atoms with Gasteiger partial charge in [-0.15, -0.1) is 0 Å². The fourth-order valence-electron chi connectivity index (χ4n) is 3.67. The minimum atomic E-state index is -0.0658. The van der Waals surface area contributed by atoms with Gasteiger partial charge in [0, 0.05) is 48.7 Å². The van der Waals surface area contributed by atoms with E-state index in [1.54, 1.807) is 13.3 Å². The summed E-state index contributed by atoms with van der Waals surface area (Å²) in [5, 5.41) is 3.69. The summed E-state index contributed by atoms with van der Waals surface area (Å²) in [5.74, 6) is 2.55. The van der Waals surface area contributed by atoms with Gasteiger partial charge in [0.1, 0.15) is 17.3 Å². The summed E-state index contributed by atoms with van der Waals surface area (Å²) in [5.41, 5.74) is 3.05. The van der Waals surface area contributed by atoms with Gasteiger partial charge in [-0.3, -0.25) is 9.30 Å². The van der Waals surface area contributed by atoms with E-state index in [2.05, 4.69) is 48.1 Å². The first-order valence-corrected chi connectivity index (χ1v) is 10.6. The monoisotopic (exact) mass is 409 g/mol. The Balaban J connectivity index is 1.76. The standard InChI is InChI=1S/C23H31N5O2/c1-5-23(2,3)26-21-20(25-22-24-9-6-10-28(21)22)17-7-8-19(29-4)18(15-17)16-27-11-13-30-14-12-27/h6-10,15,26H,5,11-14,16H2,1-4H3. The van der Waals surface area contributed by atoms with Crippen molar-refractivity contribution >= 4 is 11.6 Å². The molecule has 0 spiro atoms. The molecule has 1 aliphatic rings. The molecule has 7 heteroatoms. The molecule has 0 radical (unpaired) electrons. The molecule has 1 aliphatic heterocycles. The van der Waals surface area contributed by atoms with Gasteiger partial charge < -0.3 is 14.8 Å². The molecule has 2 aromatic heterocycles. The number of methoxy groups -OCH3 is 1. The number of ether oxygens (including phenoxy) is 2. The predicted octanol–water partition coefficient (Wildman–Crippen LogP) is 3.84. The van der Waals surface area contributed by atoms with Gasteiger partial charge in [0.25, 0.3) is 0 Å². The average Bonchev–Trinajstić information content (AvgIpc) is 3.12. The van der Waals surface area contributed by atoms with E-state index in [0.29, 0.717) is 5.78 Å². The van der Waals surface area contributed by atoms with Crippen LogP contribution in [0.1, 0.15) is 32.8 Å². The van der Waals surface area contributed by atoms with E-state index in [0.717, 1.165) is 67.7 Å². The van der Waals surface area contributed by atoms with Gasteiger partial charge >= 0.3 is 0 Å². The first-order chi connectivity index (χ1) is 14.5. The molecule has 7 nitrogen and oxygen atoms in total. The van der Waals surface area contributed by atoms with Crippen LogP contribution >= 0.6 is 0 Å². The minimum absolute atomic E-state index is 0.0658. The topological polar surface area (TPSA) is 63.9 Å². The van der Waals surface area contributed by atoms with Gasteiger partial charge in [0.15, 0.2) is 0 Å². The van der Waals surface area contributed by atoms with Crippen LogP contribution in [0.25, 0.3) is 17.0 Å². The predicted molar refractivity (Wildman–Crippen MR) is 119 cm³/mol. The lowest BCUT2D eigenvalue weighted by molar-refractivity contribution is 0.0339. The first kappa shape index (κ1) is 20.6. The molecule has 1 fully saturated rings. The normalized spacial score (nSPS) is 15.5. The number of imidazole rings is 1. The van der Waals surface area contributed by atoms with Crippen molar-refractivity contribution in [3.05, 3.63) is 42.2 Å². The maximum atomic E-state index is 5.65. The fraction of sp³-hybridized carbons (Fsp3) is 0.478. The second kappa shape index (κ2) is 8.62. The summed E-state index contributed by atoms with van der Waals surface area (Å²) in [4.78, 5) is 11.7. The Kier molecular flexibility index (Phi) is 5.92. The molecule has 160 valence electrons. The molecule has 30 heavy (non-hydrogen) atoms. The number of nitrogens with one attached hydrogen (secondary N) is 1. The van der Waals surface area contributed by atoms with Gasteiger partial charge in [-0.2, -0.15) is 0 Å². The molecule has 1 saturated heterocycles. The maximum Gasteiger partial charge on any atom is 0.235 e. The lowest BCUT2D eigenvalue weighted by atomic mass is 10.0. The highest BCUT2D eigenvalue weighted by Gasteiger charge is 2.23. The van der Waals surface area contributed by atoms with Crippen LogP contribution in [0.4, 0.5) is 5.82 Å². The Labute approximate surface area is 178 Å². The van der Waals surface area contributed by atoms with E-state index in [9.17, 15) is 0 Å². The third-order valence-corrected chi connectivity index (χ3v) is 5.80. The van der Waals surface area contributed by atoms with Crippen LogP contribution in [-0.2, 0) is 11.3 Å². The number of fused-ring (bicyclic) bond motifs is 1. The SMILES string of the molecule is CCC(C)(C)Nc1c(-c2ccc(OC)c(CN3CCOCC3)c2)nc2ncccn12. The van der Waals surface area contributed by atoms with Crippen molar-refractivity contribution in [3.8, 4) is 17.0 Å². The molecule has 4 rings (SSSR count). The number of hydrogen-bond acceptors (Lipinski definition) is 6. The van der Waals surface area contributed by atoms with Gasteiger partial charge in [0.05, 0.1) is 20.3 Å². The third-order valence-electron chi connectivity index (χ3n) is 5.80. The summed E-state index contributed by atoms with van der Waals surface area (Å²) in [6.07, 6.45) is 4.77. The molecular weight excluding hydrogens is 378 g/mol. The summed E-state index contributed by atoms with van der Waals surface area (Å²) in [7, 11) is 1.73. The number of nitrogens with zero attached hydrogens (tertiary/aromatic N) is 4. The van der Waals surface area contributed by atoms with Crippen molar-refractivity contribution in [1.29, 1.82) is 0 Å². The van der Waals surface area contributed by atoms with Crippen LogP contribution in [0.3, 0.4) is 0 Å². The Bertz CT molecular complexity index is 1010. The highest BCUT2D eigenvalue weighted by atomic mass is 16.5. The zero-order valence-electron chi connectivity index (χ0n) is 18.3. The Morgan fingerprint density at radius 2 is 2.03 bits per heavy atom. The van der Waals surface area contributed by atoms with Crippen LogP contribution in [0, 0.1) is 0 Å². The number of hydrogen-bond donors (Lipinski definition) is 1. The summed E-state index contributed by atoms with van der Waals surface area (Å²) < 4.78 is 13.2. The molecule has 3 aromatic rings. The quantitative estimate of drug-likeness (QED) is 0.640. The number of benzene rings is 1. The van der Waals surface area contributed by atoms with E-state index in [-0.39, 0.29) is 5.54 Å². The Morgan fingerprint density at radius 3 is 2.77 bits per heavy atom. The largest absolute Gasteiger partial charge is 0.496 e. The maximum absolute atomic E-state index is 5.65. The molecule has 0 aliphatic carbocycles. The molecule has 3 heterocycles. The number of rotatable bonds is 7. The van der Waals surface area contributed by atoms with Crippen LogP contribution < -0.4 is 10.1 Å². The minimum Gasteiger partial charge on any atom is -0.496 e. The molecule has 0 atom stereocenters. The second-order valence-corrected chi connectivity index (χ2v) is 8.38. The van der Waals surface area contributed by atoms with E-state index >= 15 is 0 Å². The van der Waals surface area contributed by atoms with Gasteiger partial charge in [-0.1, -0.05) is 6.92 Å². The van der Waals surface area contributed by atoms with Crippen LogP contribution in [0.15, 0.2) is 36.7 Å². The lowest BCUT2D eigenvalue weighted by Crippen LogP contribution is -2.35. The van der Waals surface area contributed by atoms with E-state index < -0.39 is 0 Å². The average molecular weight is 410 g/mol. The van der Waals surface area contributed by atoms with Crippen molar-refractivity contribution in [1.82, 2.24) is 19.3 Å². The number of anilines is 1. The van der Waals surface area contributed by atoms with Crippen molar-refractivity contribution in [3.63, 3.8) is 0 Å². The third kappa shape index (κ3) is 4.27. The lowest BCUT2D eigenvalue weighted by Gasteiger charge is -2.27. The van der Waals surface area contributed by atoms with E-state index in [1.807, 2.05) is 22.7 Å². The molecule has 1 aromatic carbocycles. The smallest absolute Gasteiger partial charge is 0.235 e. The highest BCUT2D eigenvalue weighted by Crippen LogP contribution is 2.34. The molecule has 0 saturated carbocycles. The van der Waals surface area contributed by atoms with Gasteiger partial charge in [-0.25, -0.2) is 9.97 Å². The molecule has 1 N–H and O–H groups in total. The van der Waals surface area contributed by atoms with Crippen molar-refractivity contribution in [2.24, 2.45) is 0 Å². The molecule has 0 bridgehead atoms. The van der Waals surface area contributed by atoms with Gasteiger partial charge in [-0.05, 0) is 44.5 Å².